The van der Waals surface area contributed by atoms with Crippen LogP contribution in [0.3, 0.4) is 0 Å². The molecule has 1 aromatic carbocycles. The summed E-state index contributed by atoms with van der Waals surface area (Å²) in [6.07, 6.45) is 0.835. The lowest BCUT2D eigenvalue weighted by Crippen LogP contribution is -2.34. The molecule has 2 N–H and O–H groups in total. The van der Waals surface area contributed by atoms with Crippen molar-refractivity contribution in [3.8, 4) is 0 Å². The Morgan fingerprint density at radius 2 is 1.93 bits per heavy atom. The van der Waals surface area contributed by atoms with Gasteiger partial charge in [-0.25, -0.2) is 0 Å². The molecule has 0 unspecified atom stereocenters. The summed E-state index contributed by atoms with van der Waals surface area (Å²) in [7, 11) is 2.64. The van der Waals surface area contributed by atoms with E-state index in [4.69, 9.17) is 0 Å². The van der Waals surface area contributed by atoms with E-state index in [0.717, 1.165) is 24.1 Å². The second-order valence-electron chi connectivity index (χ2n) is 4.13. The van der Waals surface area contributed by atoms with Crippen LogP contribution in [0.5, 0.6) is 0 Å². The van der Waals surface area contributed by atoms with Crippen LogP contribution in [0.25, 0.3) is 0 Å². The highest BCUT2D eigenvalue weighted by atomic mass is 16.4. The summed E-state index contributed by atoms with van der Waals surface area (Å²) in [5, 5.41) is 18.4. The molecule has 1 rings (SSSR count). The summed E-state index contributed by atoms with van der Waals surface area (Å²) in [4.78, 5) is 2.08. The Labute approximate surface area is 91.5 Å². The van der Waals surface area contributed by atoms with E-state index in [0.29, 0.717) is 5.46 Å². The molecule has 82 valence electrons. The Bertz CT molecular complexity index is 326. The molecule has 0 aromatic heterocycles. The van der Waals surface area contributed by atoms with Crippen molar-refractivity contribution in [3.63, 3.8) is 0 Å². The molecule has 0 aliphatic carbocycles. The van der Waals surface area contributed by atoms with Gasteiger partial charge < -0.3 is 14.9 Å². The number of hydrogen-bond acceptors (Lipinski definition) is 3. The standard InChI is InChI=1S/C11H18BNO2/c1-9-4-5-11(12(14)15)10(8-9)6-7-13(2)3/h4-5,8,14-15H,6-7H2,1-3H3. The third kappa shape index (κ3) is 3.66. The van der Waals surface area contributed by atoms with Crippen molar-refractivity contribution < 1.29 is 10.0 Å². The molecule has 0 radical (unpaired) electrons. The fourth-order valence-electron chi connectivity index (χ4n) is 1.55. The maximum absolute atomic E-state index is 9.20. The average molecular weight is 207 g/mol. The molecule has 0 saturated heterocycles. The van der Waals surface area contributed by atoms with Crippen LogP contribution in [-0.2, 0) is 6.42 Å². The average Bonchev–Trinajstić information content (AvgIpc) is 2.14. The SMILES string of the molecule is Cc1ccc(B(O)O)c(CCN(C)C)c1. The first kappa shape index (κ1) is 12.2. The number of likely N-dealkylation sites (N-methyl/N-ethyl adjacent to an activating group) is 1. The lowest BCUT2D eigenvalue weighted by atomic mass is 9.76. The van der Waals surface area contributed by atoms with Crippen LogP contribution < -0.4 is 5.46 Å². The minimum absolute atomic E-state index is 0.613. The molecule has 0 amide bonds. The second-order valence-corrected chi connectivity index (χ2v) is 4.13. The first-order valence-corrected chi connectivity index (χ1v) is 5.11. The molecule has 0 heterocycles. The van der Waals surface area contributed by atoms with Crippen molar-refractivity contribution >= 4 is 12.6 Å². The lowest BCUT2D eigenvalue weighted by Gasteiger charge is -2.13. The van der Waals surface area contributed by atoms with Gasteiger partial charge in [-0.15, -0.1) is 0 Å². The lowest BCUT2D eigenvalue weighted by molar-refractivity contribution is 0.411. The number of aryl methyl sites for hydroxylation is 1. The molecule has 3 nitrogen and oxygen atoms in total. The van der Waals surface area contributed by atoms with Gasteiger partial charge in [0.2, 0.25) is 0 Å². The van der Waals surface area contributed by atoms with Gasteiger partial charge in [-0.2, -0.15) is 0 Å². The number of hydrogen-bond donors (Lipinski definition) is 2. The van der Waals surface area contributed by atoms with E-state index < -0.39 is 7.12 Å². The molecule has 0 fully saturated rings. The zero-order valence-electron chi connectivity index (χ0n) is 9.57. The van der Waals surface area contributed by atoms with Gasteiger partial charge in [0.1, 0.15) is 0 Å². The Kier molecular flexibility index (Phi) is 4.33. The van der Waals surface area contributed by atoms with Crippen molar-refractivity contribution in [1.29, 1.82) is 0 Å². The Morgan fingerprint density at radius 3 is 2.47 bits per heavy atom. The zero-order chi connectivity index (χ0) is 11.4. The second kappa shape index (κ2) is 5.30. The maximum Gasteiger partial charge on any atom is 0.488 e. The molecular weight excluding hydrogens is 189 g/mol. The molecule has 0 atom stereocenters. The van der Waals surface area contributed by atoms with Gasteiger partial charge >= 0.3 is 7.12 Å². The molecule has 0 saturated carbocycles. The van der Waals surface area contributed by atoms with Gasteiger partial charge in [0.25, 0.3) is 0 Å². The first-order valence-electron chi connectivity index (χ1n) is 5.11. The smallest absolute Gasteiger partial charge is 0.423 e. The predicted molar refractivity (Wildman–Crippen MR) is 63.3 cm³/mol. The Balaban J connectivity index is 2.87. The van der Waals surface area contributed by atoms with E-state index >= 15 is 0 Å². The monoisotopic (exact) mass is 207 g/mol. The Hall–Kier alpha value is -0.835. The van der Waals surface area contributed by atoms with Crippen LogP contribution in [0.15, 0.2) is 18.2 Å². The first-order chi connectivity index (χ1) is 7.00. The van der Waals surface area contributed by atoms with Crippen molar-refractivity contribution in [2.75, 3.05) is 20.6 Å². The fourth-order valence-corrected chi connectivity index (χ4v) is 1.55. The van der Waals surface area contributed by atoms with E-state index in [1.54, 1.807) is 6.07 Å². The minimum Gasteiger partial charge on any atom is -0.423 e. The predicted octanol–water partition coefficient (Wildman–Crippen LogP) is -0.221. The van der Waals surface area contributed by atoms with Gasteiger partial charge in [-0.1, -0.05) is 23.8 Å². The molecule has 0 spiro atoms. The van der Waals surface area contributed by atoms with Crippen LogP contribution >= 0.6 is 0 Å². The molecule has 0 aliphatic heterocycles. The molecule has 0 aliphatic rings. The van der Waals surface area contributed by atoms with Gasteiger partial charge in [0, 0.05) is 6.54 Å². The summed E-state index contributed by atoms with van der Waals surface area (Å²) in [6.45, 7) is 2.91. The molecule has 15 heavy (non-hydrogen) atoms. The quantitative estimate of drug-likeness (QED) is 0.671. The highest BCUT2D eigenvalue weighted by molar-refractivity contribution is 6.59. The highest BCUT2D eigenvalue weighted by Gasteiger charge is 2.15. The van der Waals surface area contributed by atoms with Gasteiger partial charge in [-0.05, 0) is 38.5 Å². The number of rotatable bonds is 4. The third-order valence-electron chi connectivity index (χ3n) is 2.41. The number of benzene rings is 1. The largest absolute Gasteiger partial charge is 0.488 e. The summed E-state index contributed by atoms with van der Waals surface area (Å²) < 4.78 is 0. The number of nitrogens with zero attached hydrogens (tertiary/aromatic N) is 1. The van der Waals surface area contributed by atoms with Gasteiger partial charge in [0.05, 0.1) is 0 Å². The van der Waals surface area contributed by atoms with Crippen LogP contribution in [-0.4, -0.2) is 42.7 Å². The fraction of sp³-hybridized carbons (Fsp3) is 0.455. The summed E-state index contributed by atoms with van der Waals surface area (Å²) in [5.41, 5.74) is 2.77. The van der Waals surface area contributed by atoms with E-state index in [1.165, 1.54) is 0 Å². The zero-order valence-corrected chi connectivity index (χ0v) is 9.57. The van der Waals surface area contributed by atoms with Gasteiger partial charge in [0.15, 0.2) is 0 Å². The molecular formula is C11H18BNO2. The summed E-state index contributed by atoms with van der Waals surface area (Å²) >= 11 is 0. The van der Waals surface area contributed by atoms with E-state index in [-0.39, 0.29) is 0 Å². The van der Waals surface area contributed by atoms with Crippen molar-refractivity contribution in [2.45, 2.75) is 13.3 Å². The van der Waals surface area contributed by atoms with Crippen LogP contribution in [0.4, 0.5) is 0 Å². The van der Waals surface area contributed by atoms with Crippen LogP contribution in [0.2, 0.25) is 0 Å². The van der Waals surface area contributed by atoms with Crippen molar-refractivity contribution in [3.05, 3.63) is 29.3 Å². The van der Waals surface area contributed by atoms with E-state index in [2.05, 4.69) is 4.90 Å². The topological polar surface area (TPSA) is 43.7 Å². The Morgan fingerprint density at radius 1 is 1.27 bits per heavy atom. The molecule has 1 aromatic rings. The van der Waals surface area contributed by atoms with Crippen molar-refractivity contribution in [1.82, 2.24) is 4.90 Å². The summed E-state index contributed by atoms with van der Waals surface area (Å²) in [5.74, 6) is 0. The van der Waals surface area contributed by atoms with Gasteiger partial charge in [-0.3, -0.25) is 0 Å². The van der Waals surface area contributed by atoms with Crippen LogP contribution in [0.1, 0.15) is 11.1 Å². The summed E-state index contributed by atoms with van der Waals surface area (Å²) in [6, 6.07) is 5.69. The third-order valence-corrected chi connectivity index (χ3v) is 2.41. The van der Waals surface area contributed by atoms with Crippen LogP contribution in [0, 0.1) is 6.92 Å². The van der Waals surface area contributed by atoms with E-state index in [9.17, 15) is 10.0 Å². The molecule has 0 bridgehead atoms. The normalized spacial score (nSPS) is 10.8. The van der Waals surface area contributed by atoms with E-state index in [1.807, 2.05) is 33.2 Å². The maximum atomic E-state index is 9.20. The molecule has 4 heteroatoms. The minimum atomic E-state index is -1.37. The highest BCUT2D eigenvalue weighted by Crippen LogP contribution is 2.04. The van der Waals surface area contributed by atoms with Crippen molar-refractivity contribution in [2.24, 2.45) is 0 Å².